The molecule has 7 heterocycles. The molecule has 0 saturated carbocycles. The van der Waals surface area contributed by atoms with Gasteiger partial charge in [0, 0.05) is 59.7 Å². The van der Waals surface area contributed by atoms with Crippen molar-refractivity contribution in [2.45, 2.75) is 13.3 Å². The van der Waals surface area contributed by atoms with Gasteiger partial charge in [0.15, 0.2) is 5.65 Å². The van der Waals surface area contributed by atoms with Gasteiger partial charge in [-0.2, -0.15) is 0 Å². The van der Waals surface area contributed by atoms with Crippen LogP contribution in [0.3, 0.4) is 0 Å². The van der Waals surface area contributed by atoms with E-state index in [1.54, 1.807) is 12.4 Å². The van der Waals surface area contributed by atoms with Crippen LogP contribution < -0.4 is 15.5 Å². The van der Waals surface area contributed by atoms with Gasteiger partial charge in [0.2, 0.25) is 0 Å². The molecule has 6 aromatic rings. The van der Waals surface area contributed by atoms with E-state index in [1.165, 1.54) is 5.69 Å². The van der Waals surface area contributed by atoms with Crippen LogP contribution in [0.4, 0.5) is 28.6 Å². The lowest BCUT2D eigenvalue weighted by atomic mass is 9.78. The molecule has 0 radical (unpaired) electrons. The van der Waals surface area contributed by atoms with E-state index in [1.807, 2.05) is 48.8 Å². The molecule has 1 spiro atoms. The second kappa shape index (κ2) is 9.78. The fourth-order valence-corrected chi connectivity index (χ4v) is 5.76. The number of aryl methyl sites for hydroxylation is 1. The largest absolute Gasteiger partial charge is 0.380 e. The Balaban J connectivity index is 1.04. The minimum atomic E-state index is 0.359. The molecule has 0 unspecified atom stereocenters. The summed E-state index contributed by atoms with van der Waals surface area (Å²) in [5, 5.41) is 7.99. The third-order valence-electron chi connectivity index (χ3n) is 8.06. The molecule has 0 amide bonds. The highest BCUT2D eigenvalue weighted by Gasteiger charge is 2.49. The number of imidazole rings is 1. The second-order valence-corrected chi connectivity index (χ2v) is 11.2. The van der Waals surface area contributed by atoms with Crippen LogP contribution in [0.25, 0.3) is 33.5 Å². The number of ether oxygens (including phenoxy) is 1. The van der Waals surface area contributed by atoms with Crippen LogP contribution in [0.5, 0.6) is 0 Å². The van der Waals surface area contributed by atoms with Gasteiger partial charge in [0.1, 0.15) is 11.6 Å². The van der Waals surface area contributed by atoms with Crippen molar-refractivity contribution in [1.29, 1.82) is 0 Å². The molecule has 8 rings (SSSR count). The summed E-state index contributed by atoms with van der Waals surface area (Å²) < 4.78 is 5.44. The zero-order valence-corrected chi connectivity index (χ0v) is 23.1. The Bertz CT molecular complexity index is 1940. The van der Waals surface area contributed by atoms with Gasteiger partial charge in [0.05, 0.1) is 47.2 Å². The number of anilines is 5. The maximum atomic E-state index is 5.44. The van der Waals surface area contributed by atoms with E-state index in [-0.39, 0.29) is 0 Å². The van der Waals surface area contributed by atoms with Gasteiger partial charge >= 0.3 is 0 Å². The molecule has 208 valence electrons. The minimum Gasteiger partial charge on any atom is -0.380 e. The predicted molar refractivity (Wildman–Crippen MR) is 165 cm³/mol. The summed E-state index contributed by atoms with van der Waals surface area (Å²) in [6.45, 7) is 5.92. The monoisotopic (exact) mass is 555 g/mol. The Morgan fingerprint density at radius 1 is 0.881 bits per heavy atom. The lowest BCUT2D eigenvalue weighted by molar-refractivity contribution is -0.127. The molecule has 1 aromatic carbocycles. The lowest BCUT2D eigenvalue weighted by Crippen LogP contribution is -2.66. The molecular formula is C32H29N9O. The van der Waals surface area contributed by atoms with Gasteiger partial charge < -0.3 is 25.3 Å². The van der Waals surface area contributed by atoms with Crippen LogP contribution >= 0.6 is 0 Å². The molecule has 2 fully saturated rings. The Morgan fingerprint density at radius 2 is 1.76 bits per heavy atom. The molecule has 2 aliphatic heterocycles. The van der Waals surface area contributed by atoms with Gasteiger partial charge in [-0.05, 0) is 61.0 Å². The van der Waals surface area contributed by atoms with Crippen LogP contribution in [-0.4, -0.2) is 56.2 Å². The van der Waals surface area contributed by atoms with E-state index in [0.717, 1.165) is 89.1 Å². The molecule has 10 heteroatoms. The van der Waals surface area contributed by atoms with Crippen molar-refractivity contribution < 1.29 is 4.74 Å². The van der Waals surface area contributed by atoms with Crippen molar-refractivity contribution in [3.8, 4) is 11.4 Å². The van der Waals surface area contributed by atoms with Gasteiger partial charge in [0.25, 0.3) is 0 Å². The zero-order chi connectivity index (χ0) is 28.1. The van der Waals surface area contributed by atoms with Crippen molar-refractivity contribution >= 4 is 50.6 Å². The van der Waals surface area contributed by atoms with E-state index >= 15 is 0 Å². The Morgan fingerprint density at radius 3 is 2.62 bits per heavy atom. The van der Waals surface area contributed by atoms with Crippen molar-refractivity contribution in [2.75, 3.05) is 41.8 Å². The van der Waals surface area contributed by atoms with Gasteiger partial charge in [-0.25, -0.2) is 15.0 Å². The summed E-state index contributed by atoms with van der Waals surface area (Å²) in [6, 6.07) is 18.4. The molecule has 0 aliphatic carbocycles. The van der Waals surface area contributed by atoms with Crippen molar-refractivity contribution in [3.05, 3.63) is 85.1 Å². The number of nitrogens with zero attached hydrogens (tertiary/aromatic N) is 6. The van der Waals surface area contributed by atoms with Crippen LogP contribution in [0.15, 0.2) is 79.4 Å². The third-order valence-corrected chi connectivity index (χ3v) is 8.06. The number of aromatic nitrogens is 6. The lowest BCUT2D eigenvalue weighted by Gasteiger charge is -2.56. The number of pyridine rings is 4. The van der Waals surface area contributed by atoms with Crippen LogP contribution in [0.1, 0.15) is 12.6 Å². The van der Waals surface area contributed by atoms with E-state index in [9.17, 15) is 0 Å². The Labute approximate surface area is 242 Å². The van der Waals surface area contributed by atoms with Gasteiger partial charge in [-0.3, -0.25) is 9.97 Å². The van der Waals surface area contributed by atoms with Crippen LogP contribution in [0.2, 0.25) is 0 Å². The first-order chi connectivity index (χ1) is 20.6. The third kappa shape index (κ3) is 4.46. The number of rotatable bonds is 7. The highest BCUT2D eigenvalue weighted by Crippen LogP contribution is 2.41. The van der Waals surface area contributed by atoms with E-state index in [2.05, 4.69) is 65.6 Å². The Kier molecular flexibility index (Phi) is 5.75. The molecule has 2 saturated heterocycles. The maximum Gasteiger partial charge on any atom is 0.178 e. The quantitative estimate of drug-likeness (QED) is 0.223. The first kappa shape index (κ1) is 24.7. The topological polar surface area (TPSA) is 117 Å². The first-order valence-electron chi connectivity index (χ1n) is 14.2. The van der Waals surface area contributed by atoms with E-state index in [4.69, 9.17) is 9.72 Å². The highest BCUT2D eigenvalue weighted by molar-refractivity contribution is 5.95. The molecule has 10 nitrogen and oxygen atoms in total. The summed E-state index contributed by atoms with van der Waals surface area (Å²) in [5.41, 5.74) is 8.76. The zero-order valence-electron chi connectivity index (χ0n) is 23.1. The number of aromatic amines is 1. The normalized spacial score (nSPS) is 15.5. The summed E-state index contributed by atoms with van der Waals surface area (Å²) in [5.74, 6) is 1.45. The Hall–Kier alpha value is -5.09. The molecule has 3 N–H and O–H groups in total. The summed E-state index contributed by atoms with van der Waals surface area (Å²) in [6.07, 6.45) is 8.10. The van der Waals surface area contributed by atoms with Crippen molar-refractivity contribution in [2.24, 2.45) is 5.41 Å². The van der Waals surface area contributed by atoms with E-state index in [0.29, 0.717) is 11.1 Å². The highest BCUT2D eigenvalue weighted by atomic mass is 16.5. The minimum absolute atomic E-state index is 0.359. The van der Waals surface area contributed by atoms with Crippen molar-refractivity contribution in [1.82, 2.24) is 29.9 Å². The van der Waals surface area contributed by atoms with Crippen molar-refractivity contribution in [3.63, 3.8) is 0 Å². The molecule has 2 aliphatic rings. The fraction of sp³-hybridized carbons (Fsp3) is 0.219. The first-order valence-corrected chi connectivity index (χ1v) is 14.2. The molecular weight excluding hydrogens is 526 g/mol. The second-order valence-electron chi connectivity index (χ2n) is 11.2. The van der Waals surface area contributed by atoms with Crippen LogP contribution in [0, 0.1) is 5.41 Å². The maximum absolute atomic E-state index is 5.44. The predicted octanol–water partition coefficient (Wildman–Crippen LogP) is 5.85. The van der Waals surface area contributed by atoms with Gasteiger partial charge in [-0.15, -0.1) is 0 Å². The average molecular weight is 556 g/mol. The van der Waals surface area contributed by atoms with Gasteiger partial charge in [-0.1, -0.05) is 6.92 Å². The van der Waals surface area contributed by atoms with E-state index < -0.39 is 0 Å². The molecule has 5 aromatic heterocycles. The average Bonchev–Trinajstić information content (AvgIpc) is 3.40. The number of H-pyrrole nitrogens is 1. The number of hydrogen-bond donors (Lipinski definition) is 3. The molecule has 0 atom stereocenters. The molecule has 0 bridgehead atoms. The number of nitrogens with one attached hydrogen (secondary N) is 3. The standard InChI is InChI=1S/C32H29N9O/c1-2-21-12-22(6-9-33-21)37-23-13-28-31(36-15-23)40-30(39-28)20-5-8-35-29(11-20)38-27-7-10-34-26-4-3-24(14-25(26)27)41-16-32(17-41)18-42-19-32/h3-15H,2,16-19H2,1H3,(H,33,37)(H,34,35,38)(H,36,39,40). The summed E-state index contributed by atoms with van der Waals surface area (Å²) in [7, 11) is 0. The summed E-state index contributed by atoms with van der Waals surface area (Å²) >= 11 is 0. The number of hydrogen-bond acceptors (Lipinski definition) is 9. The molecule has 42 heavy (non-hydrogen) atoms. The fourth-order valence-electron chi connectivity index (χ4n) is 5.76. The SMILES string of the molecule is CCc1cc(Nc2cnc3nc(-c4ccnc(Nc5ccnc6ccc(N7CC8(COC8)C7)cc56)c4)[nH]c3c2)ccn1. The number of benzene rings is 1. The summed E-state index contributed by atoms with van der Waals surface area (Å²) in [4.78, 5) is 28.7. The smallest absolute Gasteiger partial charge is 0.178 e. The number of fused-ring (bicyclic) bond motifs is 2. The van der Waals surface area contributed by atoms with Crippen LogP contribution in [-0.2, 0) is 11.2 Å².